The van der Waals surface area contributed by atoms with Gasteiger partial charge >= 0.3 is 0 Å². The number of nitrogens with one attached hydrogen (secondary N) is 1. The highest BCUT2D eigenvalue weighted by atomic mass is 16.5. The highest BCUT2D eigenvalue weighted by Crippen LogP contribution is 2.29. The van der Waals surface area contributed by atoms with E-state index in [-0.39, 0.29) is 12.0 Å². The second-order valence-corrected chi connectivity index (χ2v) is 10.6. The molecule has 2 aromatic carbocycles. The number of benzene rings is 2. The molecule has 38 heavy (non-hydrogen) atoms. The molecule has 1 saturated heterocycles. The van der Waals surface area contributed by atoms with Gasteiger partial charge in [0, 0.05) is 53.8 Å². The van der Waals surface area contributed by atoms with E-state index in [4.69, 9.17) is 16.2 Å². The summed E-state index contributed by atoms with van der Waals surface area (Å²) in [6.45, 7) is 4.32. The van der Waals surface area contributed by atoms with E-state index in [0.29, 0.717) is 36.9 Å². The quantitative estimate of drug-likeness (QED) is 0.324. The molecule has 1 aliphatic rings. The zero-order chi connectivity index (χ0) is 27.4. The number of rotatable bonds is 10. The van der Waals surface area contributed by atoms with Crippen LogP contribution in [0.2, 0.25) is 0 Å². The Kier molecular flexibility index (Phi) is 8.40. The Morgan fingerprint density at radius 1 is 1.16 bits per heavy atom. The first-order valence-electron chi connectivity index (χ1n) is 13.1. The Bertz CT molecular complexity index is 1300. The molecule has 0 saturated carbocycles. The van der Waals surface area contributed by atoms with Gasteiger partial charge in [0.05, 0.1) is 0 Å². The van der Waals surface area contributed by atoms with Crippen LogP contribution < -0.4 is 16.2 Å². The predicted octanol–water partition coefficient (Wildman–Crippen LogP) is 2.53. The van der Waals surface area contributed by atoms with Crippen molar-refractivity contribution in [2.24, 2.45) is 17.4 Å². The fourth-order valence-electron chi connectivity index (χ4n) is 5.58. The Hall–Kier alpha value is -3.40. The number of hydrogen-bond acceptors (Lipinski definition) is 6. The molecule has 0 spiro atoms. The summed E-state index contributed by atoms with van der Waals surface area (Å²) in [5, 5.41) is 12.7. The van der Waals surface area contributed by atoms with E-state index in [1.54, 1.807) is 23.1 Å². The Morgan fingerprint density at radius 3 is 2.63 bits per heavy atom. The third-order valence-electron chi connectivity index (χ3n) is 7.58. The van der Waals surface area contributed by atoms with E-state index in [9.17, 15) is 14.7 Å². The summed E-state index contributed by atoms with van der Waals surface area (Å²) in [7, 11) is 4.09. The fourth-order valence-corrected chi connectivity index (χ4v) is 5.58. The van der Waals surface area contributed by atoms with E-state index in [0.717, 1.165) is 48.0 Å². The smallest absolute Gasteiger partial charge is 0.265 e. The number of amides is 2. The fraction of sp³-hybridized carbons (Fsp3) is 0.448. The molecule has 3 aromatic rings. The zero-order valence-corrected chi connectivity index (χ0v) is 22.5. The van der Waals surface area contributed by atoms with E-state index in [1.165, 1.54) is 0 Å². The van der Waals surface area contributed by atoms with Crippen molar-refractivity contribution in [3.05, 3.63) is 64.8 Å². The standard InChI is InChI=1S/C29H39N5O4/c1-19-25(24-8-4-5-9-26(24)32-19)18-38-22-10-11-23(27(30)35)21(15-22)16-29(37,28(31)36)34-13-6-7-20(12-14-34)17-33(2)3/h4-5,8-11,15,20,32,37H,6-7,12-14,16-18H2,1-3H3,(H2,30,35)(H2,31,36)/t20?,29-/m0/s1. The number of H-pyrrole nitrogens is 1. The van der Waals surface area contributed by atoms with Crippen LogP contribution in [0.4, 0.5) is 0 Å². The second-order valence-electron chi connectivity index (χ2n) is 10.6. The van der Waals surface area contributed by atoms with Gasteiger partial charge in [-0.3, -0.25) is 14.5 Å². The van der Waals surface area contributed by atoms with Gasteiger partial charge < -0.3 is 31.2 Å². The van der Waals surface area contributed by atoms with Crippen molar-refractivity contribution in [1.29, 1.82) is 0 Å². The van der Waals surface area contributed by atoms with Crippen LogP contribution in [0, 0.1) is 12.8 Å². The number of carbonyl (C=O) groups is 2. The van der Waals surface area contributed by atoms with Crippen molar-refractivity contribution in [3.8, 4) is 5.75 Å². The first kappa shape index (κ1) is 27.6. The van der Waals surface area contributed by atoms with Gasteiger partial charge in [-0.15, -0.1) is 0 Å². The van der Waals surface area contributed by atoms with Crippen LogP contribution in [-0.4, -0.2) is 71.2 Å². The highest BCUT2D eigenvalue weighted by molar-refractivity contribution is 5.95. The molecule has 4 rings (SSSR count). The summed E-state index contributed by atoms with van der Waals surface area (Å²) in [5.74, 6) is -0.520. The van der Waals surface area contributed by atoms with E-state index in [1.807, 2.05) is 45.3 Å². The molecule has 1 fully saturated rings. The molecule has 204 valence electrons. The SMILES string of the molecule is Cc1[nH]c2ccccc2c1COc1ccc(C(N)=O)c(C[C@](O)(C(N)=O)N2CCCC(CN(C)C)CC2)c1. The summed E-state index contributed by atoms with van der Waals surface area (Å²) in [6, 6.07) is 12.9. The average molecular weight is 522 g/mol. The van der Waals surface area contributed by atoms with Crippen LogP contribution in [0.5, 0.6) is 5.75 Å². The molecule has 0 bridgehead atoms. The van der Waals surface area contributed by atoms with E-state index in [2.05, 4.69) is 9.88 Å². The summed E-state index contributed by atoms with van der Waals surface area (Å²) >= 11 is 0. The number of likely N-dealkylation sites (tertiary alicyclic amines) is 1. The van der Waals surface area contributed by atoms with Crippen LogP contribution in [0.25, 0.3) is 10.9 Å². The topological polar surface area (TPSA) is 138 Å². The van der Waals surface area contributed by atoms with Gasteiger partial charge in [0.25, 0.3) is 5.91 Å². The minimum absolute atomic E-state index is 0.164. The van der Waals surface area contributed by atoms with Crippen LogP contribution >= 0.6 is 0 Å². The third kappa shape index (κ3) is 6.01. The molecule has 0 radical (unpaired) electrons. The number of carbonyl (C=O) groups excluding carboxylic acids is 2. The van der Waals surface area contributed by atoms with Crippen molar-refractivity contribution in [1.82, 2.24) is 14.8 Å². The number of para-hydroxylation sites is 1. The van der Waals surface area contributed by atoms with E-state index >= 15 is 0 Å². The Morgan fingerprint density at radius 2 is 1.92 bits per heavy atom. The molecule has 9 heteroatoms. The van der Waals surface area contributed by atoms with Crippen LogP contribution in [0.1, 0.15) is 46.4 Å². The maximum Gasteiger partial charge on any atom is 0.265 e. The molecule has 2 amide bonds. The lowest BCUT2D eigenvalue weighted by molar-refractivity contribution is -0.160. The third-order valence-corrected chi connectivity index (χ3v) is 7.58. The number of fused-ring (bicyclic) bond motifs is 1. The molecule has 1 unspecified atom stereocenters. The molecular weight excluding hydrogens is 482 g/mol. The lowest BCUT2D eigenvalue weighted by atomic mass is 9.95. The van der Waals surface area contributed by atoms with Crippen molar-refractivity contribution in [2.45, 2.75) is 44.9 Å². The maximum atomic E-state index is 12.7. The van der Waals surface area contributed by atoms with Gasteiger partial charge in [-0.25, -0.2) is 0 Å². The van der Waals surface area contributed by atoms with E-state index < -0.39 is 17.5 Å². The van der Waals surface area contributed by atoms with Gasteiger partial charge in [0.1, 0.15) is 12.4 Å². The summed E-state index contributed by atoms with van der Waals surface area (Å²) in [5.41, 5.74) is 13.2. The number of primary amides is 2. The number of ether oxygens (including phenoxy) is 1. The molecule has 1 aromatic heterocycles. The normalized spacial score (nSPS) is 18.3. The molecule has 9 nitrogen and oxygen atoms in total. The zero-order valence-electron chi connectivity index (χ0n) is 22.5. The summed E-state index contributed by atoms with van der Waals surface area (Å²) < 4.78 is 6.12. The number of aryl methyl sites for hydroxylation is 1. The molecule has 1 aliphatic heterocycles. The van der Waals surface area contributed by atoms with Crippen molar-refractivity contribution in [3.63, 3.8) is 0 Å². The number of nitrogens with zero attached hydrogens (tertiary/aromatic N) is 2. The van der Waals surface area contributed by atoms with Crippen LogP contribution in [0.15, 0.2) is 42.5 Å². The van der Waals surface area contributed by atoms with Crippen LogP contribution in [0.3, 0.4) is 0 Å². The maximum absolute atomic E-state index is 12.7. The van der Waals surface area contributed by atoms with Gasteiger partial charge in [-0.2, -0.15) is 0 Å². The monoisotopic (exact) mass is 521 g/mol. The summed E-state index contributed by atoms with van der Waals surface area (Å²) in [6.07, 6.45) is 2.52. The number of nitrogens with two attached hydrogens (primary N) is 2. The van der Waals surface area contributed by atoms with Gasteiger partial charge in [-0.1, -0.05) is 18.2 Å². The Labute approximate surface area is 223 Å². The largest absolute Gasteiger partial charge is 0.489 e. The molecule has 0 aliphatic carbocycles. The Balaban J connectivity index is 1.57. The molecular formula is C29H39N5O4. The van der Waals surface area contributed by atoms with Crippen LogP contribution in [-0.2, 0) is 17.8 Å². The first-order chi connectivity index (χ1) is 18.1. The minimum Gasteiger partial charge on any atom is -0.489 e. The van der Waals surface area contributed by atoms with Crippen molar-refractivity contribution >= 4 is 22.7 Å². The number of aromatic amines is 1. The average Bonchev–Trinajstić information content (AvgIpc) is 3.00. The molecule has 2 atom stereocenters. The second kappa shape index (κ2) is 11.6. The van der Waals surface area contributed by atoms with Gasteiger partial charge in [0.2, 0.25) is 11.6 Å². The number of aliphatic hydroxyl groups is 1. The number of aromatic nitrogens is 1. The lowest BCUT2D eigenvalue weighted by Crippen LogP contribution is -2.59. The molecule has 2 heterocycles. The molecule has 6 N–H and O–H groups in total. The number of hydrogen-bond donors (Lipinski definition) is 4. The predicted molar refractivity (Wildman–Crippen MR) is 148 cm³/mol. The lowest BCUT2D eigenvalue weighted by Gasteiger charge is -2.37. The highest BCUT2D eigenvalue weighted by Gasteiger charge is 2.42. The van der Waals surface area contributed by atoms with Gasteiger partial charge in [0.15, 0.2) is 0 Å². The van der Waals surface area contributed by atoms with Crippen molar-refractivity contribution < 1.29 is 19.4 Å². The minimum atomic E-state index is -1.96. The summed E-state index contributed by atoms with van der Waals surface area (Å²) in [4.78, 5) is 32.2. The van der Waals surface area contributed by atoms with Gasteiger partial charge in [-0.05, 0) is 76.0 Å². The van der Waals surface area contributed by atoms with Crippen molar-refractivity contribution in [2.75, 3.05) is 33.7 Å². The first-order valence-corrected chi connectivity index (χ1v) is 13.1.